The molecule has 1 aromatic rings. The smallest absolute Gasteiger partial charge is 0.305 e. The van der Waals surface area contributed by atoms with E-state index in [1.165, 1.54) is 6.92 Å². The number of benzene rings is 1. The summed E-state index contributed by atoms with van der Waals surface area (Å²) in [5.74, 6) is -1.18. The molecule has 3 rings (SSSR count). The molecule has 1 saturated heterocycles. The van der Waals surface area contributed by atoms with Gasteiger partial charge in [0.15, 0.2) is 0 Å². The van der Waals surface area contributed by atoms with E-state index in [9.17, 15) is 10.1 Å². The Kier molecular flexibility index (Phi) is 3.40. The van der Waals surface area contributed by atoms with E-state index in [0.717, 1.165) is 5.56 Å². The van der Waals surface area contributed by atoms with E-state index in [2.05, 4.69) is 6.07 Å². The second kappa shape index (κ2) is 4.88. The summed E-state index contributed by atoms with van der Waals surface area (Å²) in [5.41, 5.74) is 0.144. The number of hydrogen-bond donors (Lipinski definition) is 0. The van der Waals surface area contributed by atoms with Crippen molar-refractivity contribution >= 4 is 29.2 Å². The molecule has 21 heavy (non-hydrogen) atoms. The minimum atomic E-state index is -0.817. The SMILES string of the molecule is CC(=O)OC12CC[C@@](C#N)(c3ccc(Cl)c(Cl)c3)CC1O2. The largest absolute Gasteiger partial charge is 0.430 e. The lowest BCUT2D eigenvalue weighted by molar-refractivity contribution is -0.157. The van der Waals surface area contributed by atoms with Gasteiger partial charge in [-0.15, -0.1) is 0 Å². The molecule has 110 valence electrons. The lowest BCUT2D eigenvalue weighted by atomic mass is 9.70. The summed E-state index contributed by atoms with van der Waals surface area (Å²) >= 11 is 12.0. The Bertz CT molecular complexity index is 657. The monoisotopic (exact) mass is 325 g/mol. The normalized spacial score (nSPS) is 33.7. The third-order valence-electron chi connectivity index (χ3n) is 4.21. The Hall–Kier alpha value is -1.28. The van der Waals surface area contributed by atoms with Gasteiger partial charge in [-0.05, 0) is 24.1 Å². The van der Waals surface area contributed by atoms with E-state index in [0.29, 0.717) is 29.3 Å². The van der Waals surface area contributed by atoms with Gasteiger partial charge in [-0.2, -0.15) is 5.26 Å². The molecular formula is C15H13Cl2NO3. The van der Waals surface area contributed by atoms with Crippen LogP contribution in [0.5, 0.6) is 0 Å². The second-order valence-electron chi connectivity index (χ2n) is 5.54. The highest BCUT2D eigenvalue weighted by Gasteiger charge is 2.66. The fourth-order valence-corrected chi connectivity index (χ4v) is 3.33. The lowest BCUT2D eigenvalue weighted by Crippen LogP contribution is -2.37. The second-order valence-corrected chi connectivity index (χ2v) is 6.35. The van der Waals surface area contributed by atoms with Gasteiger partial charge in [0.05, 0.1) is 21.5 Å². The van der Waals surface area contributed by atoms with E-state index in [1.807, 2.05) is 6.07 Å². The maximum Gasteiger partial charge on any atom is 0.305 e. The third kappa shape index (κ3) is 2.40. The Labute approximate surface area is 132 Å². The topological polar surface area (TPSA) is 62.6 Å². The number of carbonyl (C=O) groups is 1. The number of esters is 1. The minimum absolute atomic E-state index is 0.232. The van der Waals surface area contributed by atoms with Crippen LogP contribution in [0.3, 0.4) is 0 Å². The summed E-state index contributed by atoms with van der Waals surface area (Å²) in [7, 11) is 0. The number of hydrogen-bond acceptors (Lipinski definition) is 4. The van der Waals surface area contributed by atoms with Gasteiger partial charge in [-0.1, -0.05) is 29.3 Å². The van der Waals surface area contributed by atoms with Crippen LogP contribution < -0.4 is 0 Å². The molecule has 1 heterocycles. The predicted molar refractivity (Wildman–Crippen MR) is 77.0 cm³/mol. The summed E-state index contributed by atoms with van der Waals surface area (Å²) in [4.78, 5) is 11.1. The van der Waals surface area contributed by atoms with Crippen LogP contribution in [-0.2, 0) is 19.7 Å². The first kappa shape index (κ1) is 14.6. The van der Waals surface area contributed by atoms with Gasteiger partial charge in [-0.25, -0.2) is 0 Å². The van der Waals surface area contributed by atoms with Crippen molar-refractivity contribution in [1.82, 2.24) is 0 Å². The van der Waals surface area contributed by atoms with E-state index < -0.39 is 11.2 Å². The van der Waals surface area contributed by atoms with Gasteiger partial charge < -0.3 is 9.47 Å². The van der Waals surface area contributed by atoms with Gasteiger partial charge in [-0.3, -0.25) is 4.79 Å². The fourth-order valence-electron chi connectivity index (χ4n) is 3.04. The molecule has 1 aliphatic carbocycles. The number of nitrogens with zero attached hydrogens (tertiary/aromatic N) is 1. The molecule has 0 bridgehead atoms. The van der Waals surface area contributed by atoms with E-state index in [4.69, 9.17) is 32.7 Å². The molecule has 1 saturated carbocycles. The molecule has 2 aliphatic rings. The van der Waals surface area contributed by atoms with Crippen LogP contribution >= 0.6 is 23.2 Å². The molecule has 0 spiro atoms. The molecule has 3 atom stereocenters. The van der Waals surface area contributed by atoms with Gasteiger partial charge in [0.2, 0.25) is 5.79 Å². The summed E-state index contributed by atoms with van der Waals surface area (Å²) in [5, 5.41) is 10.6. The maximum atomic E-state index is 11.1. The number of epoxide rings is 1. The van der Waals surface area contributed by atoms with Gasteiger partial charge >= 0.3 is 5.97 Å². The zero-order valence-electron chi connectivity index (χ0n) is 11.4. The Balaban J connectivity index is 1.86. The molecular weight excluding hydrogens is 313 g/mol. The number of fused-ring (bicyclic) bond motifs is 1. The molecule has 0 aromatic heterocycles. The van der Waals surface area contributed by atoms with Crippen molar-refractivity contribution in [2.75, 3.05) is 0 Å². The Morgan fingerprint density at radius 2 is 2.19 bits per heavy atom. The minimum Gasteiger partial charge on any atom is -0.430 e. The molecule has 1 aromatic carbocycles. The van der Waals surface area contributed by atoms with Crippen LogP contribution in [0.4, 0.5) is 0 Å². The summed E-state index contributed by atoms with van der Waals surface area (Å²) in [6, 6.07) is 7.63. The molecule has 6 heteroatoms. The zero-order valence-corrected chi connectivity index (χ0v) is 12.9. The standard InChI is InChI=1S/C15H13Cl2NO3/c1-9(19)20-15-5-4-14(8-18,7-13(15)21-15)10-2-3-11(16)12(17)6-10/h2-3,6,13H,4-5,7H2,1H3/t13?,14-,15?/m1/s1. The highest BCUT2D eigenvalue weighted by atomic mass is 35.5. The number of ether oxygens (including phenoxy) is 2. The Morgan fingerprint density at radius 3 is 2.76 bits per heavy atom. The van der Waals surface area contributed by atoms with E-state index >= 15 is 0 Å². The highest BCUT2D eigenvalue weighted by molar-refractivity contribution is 6.42. The predicted octanol–water partition coefficient (Wildman–Crippen LogP) is 3.60. The summed E-state index contributed by atoms with van der Waals surface area (Å²) in [6.07, 6.45) is 1.30. The zero-order chi connectivity index (χ0) is 15.3. The molecule has 1 aliphatic heterocycles. The average Bonchev–Trinajstić information content (AvgIpc) is 3.13. The number of nitriles is 1. The lowest BCUT2D eigenvalue weighted by Gasteiger charge is -2.32. The molecule has 4 nitrogen and oxygen atoms in total. The van der Waals surface area contributed by atoms with Crippen molar-refractivity contribution in [3.63, 3.8) is 0 Å². The molecule has 2 unspecified atom stereocenters. The number of halogens is 2. The number of rotatable bonds is 2. The summed E-state index contributed by atoms with van der Waals surface area (Å²) < 4.78 is 10.8. The Morgan fingerprint density at radius 1 is 1.43 bits per heavy atom. The van der Waals surface area contributed by atoms with Crippen molar-refractivity contribution < 1.29 is 14.3 Å². The molecule has 0 N–H and O–H groups in total. The van der Waals surface area contributed by atoms with E-state index in [1.54, 1.807) is 12.1 Å². The highest BCUT2D eigenvalue weighted by Crippen LogP contribution is 2.55. The van der Waals surface area contributed by atoms with Gasteiger partial charge in [0, 0.05) is 19.8 Å². The van der Waals surface area contributed by atoms with E-state index in [-0.39, 0.29) is 12.1 Å². The fraction of sp³-hybridized carbons (Fsp3) is 0.467. The van der Waals surface area contributed by atoms with Crippen LogP contribution in [0.15, 0.2) is 18.2 Å². The first-order valence-corrected chi connectivity index (χ1v) is 7.41. The first-order valence-electron chi connectivity index (χ1n) is 6.65. The van der Waals surface area contributed by atoms with Crippen LogP contribution in [0.2, 0.25) is 10.0 Å². The third-order valence-corrected chi connectivity index (χ3v) is 4.95. The van der Waals surface area contributed by atoms with Crippen molar-refractivity contribution in [2.45, 2.75) is 43.5 Å². The molecule has 2 fully saturated rings. The van der Waals surface area contributed by atoms with Crippen molar-refractivity contribution in [3.05, 3.63) is 33.8 Å². The maximum absolute atomic E-state index is 11.1. The molecule has 0 amide bonds. The van der Waals surface area contributed by atoms with Crippen molar-refractivity contribution in [1.29, 1.82) is 5.26 Å². The summed E-state index contributed by atoms with van der Waals surface area (Å²) in [6.45, 7) is 1.36. The first-order chi connectivity index (χ1) is 9.91. The van der Waals surface area contributed by atoms with Crippen LogP contribution in [0.25, 0.3) is 0 Å². The molecule has 0 radical (unpaired) electrons. The van der Waals surface area contributed by atoms with Crippen LogP contribution in [-0.4, -0.2) is 17.9 Å². The van der Waals surface area contributed by atoms with Gasteiger partial charge in [0.25, 0.3) is 0 Å². The van der Waals surface area contributed by atoms with Gasteiger partial charge in [0.1, 0.15) is 6.10 Å². The average molecular weight is 326 g/mol. The van der Waals surface area contributed by atoms with Crippen LogP contribution in [0.1, 0.15) is 31.7 Å². The van der Waals surface area contributed by atoms with Crippen molar-refractivity contribution in [2.24, 2.45) is 0 Å². The number of carbonyl (C=O) groups excluding carboxylic acids is 1. The quantitative estimate of drug-likeness (QED) is 0.615. The van der Waals surface area contributed by atoms with Crippen LogP contribution in [0, 0.1) is 11.3 Å². The van der Waals surface area contributed by atoms with Crippen molar-refractivity contribution in [3.8, 4) is 6.07 Å².